The molecule has 0 fully saturated rings. The first-order valence-electron chi connectivity index (χ1n) is 9.38. The predicted octanol–water partition coefficient (Wildman–Crippen LogP) is 4.07. The summed E-state index contributed by atoms with van der Waals surface area (Å²) in [6, 6.07) is 17.3. The van der Waals surface area contributed by atoms with Crippen LogP contribution in [-0.4, -0.2) is 29.3 Å². The average Bonchev–Trinajstić information content (AvgIpc) is 3.19. The van der Waals surface area contributed by atoms with Gasteiger partial charge in [-0.1, -0.05) is 24.3 Å². The summed E-state index contributed by atoms with van der Waals surface area (Å²) in [5.41, 5.74) is 4.06. The summed E-state index contributed by atoms with van der Waals surface area (Å²) in [4.78, 5) is 12.3. The molecule has 0 aliphatic carbocycles. The molecule has 0 spiro atoms. The Morgan fingerprint density at radius 3 is 2.70 bits per heavy atom. The standard InChI is InChI=1S/C24H22N4O2/c1-4-12-26-24(29)18(15-25)14-19-16-28(20-8-6-5-7-9-20)27-23(19)22-11-10-21(30-3)13-17(22)2/h4-11,13-14,16H,1,12H2,2-3H3,(H,26,29). The number of amides is 1. The molecule has 0 aliphatic heterocycles. The van der Waals surface area contributed by atoms with Gasteiger partial charge in [-0.2, -0.15) is 10.4 Å². The number of carbonyl (C=O) groups excluding carboxylic acids is 1. The van der Waals surface area contributed by atoms with E-state index in [1.165, 1.54) is 0 Å². The van der Waals surface area contributed by atoms with Crippen LogP contribution in [0.2, 0.25) is 0 Å². The number of ether oxygens (including phenoxy) is 1. The Bertz CT molecular complexity index is 1140. The van der Waals surface area contributed by atoms with Crippen LogP contribution < -0.4 is 10.1 Å². The fraction of sp³-hybridized carbons (Fsp3) is 0.125. The Kier molecular flexibility index (Phi) is 6.46. The van der Waals surface area contributed by atoms with E-state index in [1.54, 1.807) is 23.9 Å². The van der Waals surface area contributed by atoms with Crippen molar-refractivity contribution in [3.8, 4) is 28.8 Å². The third-order valence-electron chi connectivity index (χ3n) is 4.52. The molecule has 30 heavy (non-hydrogen) atoms. The Morgan fingerprint density at radius 1 is 1.30 bits per heavy atom. The Hall–Kier alpha value is -4.11. The number of hydrogen-bond donors (Lipinski definition) is 1. The highest BCUT2D eigenvalue weighted by atomic mass is 16.5. The van der Waals surface area contributed by atoms with Crippen molar-refractivity contribution >= 4 is 12.0 Å². The second kappa shape index (κ2) is 9.39. The van der Waals surface area contributed by atoms with E-state index < -0.39 is 5.91 Å². The summed E-state index contributed by atoms with van der Waals surface area (Å²) in [6.07, 6.45) is 4.93. The van der Waals surface area contributed by atoms with Gasteiger partial charge in [0.05, 0.1) is 12.8 Å². The summed E-state index contributed by atoms with van der Waals surface area (Å²) < 4.78 is 7.04. The number of methoxy groups -OCH3 is 1. The molecular weight excluding hydrogens is 376 g/mol. The van der Waals surface area contributed by atoms with Crippen LogP contribution in [0.4, 0.5) is 0 Å². The summed E-state index contributed by atoms with van der Waals surface area (Å²) >= 11 is 0. The maximum absolute atomic E-state index is 12.3. The molecule has 0 unspecified atom stereocenters. The first kappa shape index (κ1) is 20.6. The lowest BCUT2D eigenvalue weighted by Crippen LogP contribution is -2.24. The van der Waals surface area contributed by atoms with Gasteiger partial charge in [-0.25, -0.2) is 4.68 Å². The van der Waals surface area contributed by atoms with Crippen molar-refractivity contribution in [2.24, 2.45) is 0 Å². The van der Waals surface area contributed by atoms with E-state index in [-0.39, 0.29) is 12.1 Å². The SMILES string of the molecule is C=CCNC(=O)C(C#N)=Cc1cn(-c2ccccc2)nc1-c1ccc(OC)cc1C. The van der Waals surface area contributed by atoms with E-state index in [1.807, 2.05) is 67.7 Å². The van der Waals surface area contributed by atoms with E-state index >= 15 is 0 Å². The molecule has 1 amide bonds. The van der Waals surface area contributed by atoms with Gasteiger partial charge in [0.1, 0.15) is 23.1 Å². The molecule has 3 rings (SSSR count). The average molecular weight is 398 g/mol. The number of aryl methyl sites for hydroxylation is 1. The topological polar surface area (TPSA) is 79.9 Å². The van der Waals surface area contributed by atoms with Gasteiger partial charge in [-0.05, 0) is 48.9 Å². The molecule has 0 saturated carbocycles. The number of nitriles is 1. The minimum atomic E-state index is -0.456. The zero-order valence-electron chi connectivity index (χ0n) is 16.9. The fourth-order valence-electron chi connectivity index (χ4n) is 3.01. The van der Waals surface area contributed by atoms with Crippen LogP contribution in [0.1, 0.15) is 11.1 Å². The van der Waals surface area contributed by atoms with E-state index in [9.17, 15) is 10.1 Å². The highest BCUT2D eigenvalue weighted by Crippen LogP contribution is 2.30. The monoisotopic (exact) mass is 398 g/mol. The van der Waals surface area contributed by atoms with Crippen molar-refractivity contribution in [1.82, 2.24) is 15.1 Å². The van der Waals surface area contributed by atoms with Crippen LogP contribution in [0.15, 0.2) is 73.0 Å². The molecule has 0 saturated heterocycles. The van der Waals surface area contributed by atoms with Crippen LogP contribution in [0, 0.1) is 18.3 Å². The predicted molar refractivity (Wildman–Crippen MR) is 117 cm³/mol. The molecule has 6 heteroatoms. The fourth-order valence-corrected chi connectivity index (χ4v) is 3.01. The molecule has 0 radical (unpaired) electrons. The molecular formula is C24H22N4O2. The Labute approximate surface area is 175 Å². The molecule has 1 aromatic heterocycles. The second-order valence-electron chi connectivity index (χ2n) is 6.56. The summed E-state index contributed by atoms with van der Waals surface area (Å²) in [7, 11) is 1.62. The molecule has 1 heterocycles. The highest BCUT2D eigenvalue weighted by Gasteiger charge is 2.16. The normalized spacial score (nSPS) is 10.9. The lowest BCUT2D eigenvalue weighted by molar-refractivity contribution is -0.116. The van der Waals surface area contributed by atoms with Crippen molar-refractivity contribution in [1.29, 1.82) is 5.26 Å². The van der Waals surface area contributed by atoms with E-state index in [0.29, 0.717) is 11.3 Å². The molecule has 0 bridgehead atoms. The molecule has 3 aromatic rings. The molecule has 1 N–H and O–H groups in total. The summed E-state index contributed by atoms with van der Waals surface area (Å²) in [5, 5.41) is 16.9. The Morgan fingerprint density at radius 2 is 2.07 bits per heavy atom. The number of rotatable bonds is 7. The van der Waals surface area contributed by atoms with Gasteiger partial charge in [-0.3, -0.25) is 4.79 Å². The maximum atomic E-state index is 12.3. The zero-order valence-corrected chi connectivity index (χ0v) is 16.9. The number of hydrogen-bond acceptors (Lipinski definition) is 4. The third kappa shape index (κ3) is 4.47. The first-order chi connectivity index (χ1) is 14.6. The van der Waals surface area contributed by atoms with Crippen molar-refractivity contribution in [2.45, 2.75) is 6.92 Å². The van der Waals surface area contributed by atoms with Gasteiger partial charge in [0.25, 0.3) is 5.91 Å². The van der Waals surface area contributed by atoms with Gasteiger partial charge >= 0.3 is 0 Å². The van der Waals surface area contributed by atoms with Gasteiger partial charge in [0.2, 0.25) is 0 Å². The number of nitrogens with one attached hydrogen (secondary N) is 1. The zero-order chi connectivity index (χ0) is 21.5. The largest absolute Gasteiger partial charge is 0.497 e. The first-order valence-corrected chi connectivity index (χ1v) is 9.38. The van der Waals surface area contributed by atoms with Crippen molar-refractivity contribution in [3.63, 3.8) is 0 Å². The van der Waals surface area contributed by atoms with Gasteiger partial charge < -0.3 is 10.1 Å². The maximum Gasteiger partial charge on any atom is 0.262 e. The second-order valence-corrected chi connectivity index (χ2v) is 6.56. The van der Waals surface area contributed by atoms with Crippen LogP contribution in [-0.2, 0) is 4.79 Å². The minimum absolute atomic E-state index is 0.00289. The number of para-hydroxylation sites is 1. The smallest absolute Gasteiger partial charge is 0.262 e. The van der Waals surface area contributed by atoms with E-state index in [0.717, 1.165) is 22.6 Å². The molecule has 0 atom stereocenters. The van der Waals surface area contributed by atoms with Crippen molar-refractivity contribution < 1.29 is 9.53 Å². The van der Waals surface area contributed by atoms with Gasteiger partial charge in [0.15, 0.2) is 0 Å². The van der Waals surface area contributed by atoms with Crippen LogP contribution in [0.25, 0.3) is 23.0 Å². The molecule has 150 valence electrons. The van der Waals surface area contributed by atoms with Crippen molar-refractivity contribution in [2.75, 3.05) is 13.7 Å². The number of aromatic nitrogens is 2. The van der Waals surface area contributed by atoms with Gasteiger partial charge in [-0.15, -0.1) is 6.58 Å². The Balaban J connectivity index is 2.14. The number of nitrogens with zero attached hydrogens (tertiary/aromatic N) is 3. The van der Waals surface area contributed by atoms with Crippen molar-refractivity contribution in [3.05, 3.63) is 84.1 Å². The van der Waals surface area contributed by atoms with E-state index in [2.05, 4.69) is 11.9 Å². The minimum Gasteiger partial charge on any atom is -0.497 e. The van der Waals surface area contributed by atoms with Gasteiger partial charge in [0, 0.05) is 23.9 Å². The molecule has 2 aromatic carbocycles. The summed E-state index contributed by atoms with van der Waals surface area (Å²) in [5.74, 6) is 0.291. The molecule has 6 nitrogen and oxygen atoms in total. The lowest BCUT2D eigenvalue weighted by atomic mass is 10.0. The lowest BCUT2D eigenvalue weighted by Gasteiger charge is -2.07. The van der Waals surface area contributed by atoms with Crippen LogP contribution in [0.5, 0.6) is 5.75 Å². The summed E-state index contributed by atoms with van der Waals surface area (Å²) in [6.45, 7) is 5.83. The third-order valence-corrected chi connectivity index (χ3v) is 4.52. The van der Waals surface area contributed by atoms with Crippen LogP contribution in [0.3, 0.4) is 0 Å². The van der Waals surface area contributed by atoms with Crippen LogP contribution >= 0.6 is 0 Å². The molecule has 0 aliphatic rings. The quantitative estimate of drug-likeness (QED) is 0.370. The number of benzene rings is 2. The van der Waals surface area contributed by atoms with E-state index in [4.69, 9.17) is 9.84 Å². The highest BCUT2D eigenvalue weighted by molar-refractivity contribution is 6.02. The number of carbonyl (C=O) groups is 1.